The van der Waals surface area contributed by atoms with Gasteiger partial charge in [-0.2, -0.15) is 0 Å². The largest absolute Gasteiger partial charge is 0.481 e. The molecule has 140 valence electrons. The number of aryl methyl sites for hydroxylation is 1. The zero-order chi connectivity index (χ0) is 18.9. The first kappa shape index (κ1) is 18.5. The minimum atomic E-state index is -1.16. The lowest BCUT2D eigenvalue weighted by Gasteiger charge is -2.43. The number of carbonyl (C=O) groups is 1. The maximum atomic E-state index is 12.4. The predicted octanol–water partition coefficient (Wildman–Crippen LogP) is 1.44. The van der Waals surface area contributed by atoms with E-state index in [4.69, 9.17) is 0 Å². The molecule has 26 heavy (non-hydrogen) atoms. The number of carboxylic acids is 1. The molecule has 0 aliphatic carbocycles. The van der Waals surface area contributed by atoms with E-state index in [9.17, 15) is 19.8 Å². The molecule has 2 aromatic heterocycles. The number of aromatic nitrogens is 2. The molecule has 2 aromatic rings. The van der Waals surface area contributed by atoms with Crippen LogP contribution in [0.15, 0.2) is 29.2 Å². The van der Waals surface area contributed by atoms with Crippen LogP contribution in [-0.2, 0) is 11.3 Å². The number of hydrogen-bond donors (Lipinski definition) is 2. The van der Waals surface area contributed by atoms with Gasteiger partial charge in [0.1, 0.15) is 11.1 Å². The van der Waals surface area contributed by atoms with Gasteiger partial charge in [-0.25, -0.2) is 4.98 Å². The number of hydrogen-bond acceptors (Lipinski definition) is 5. The molecule has 2 atom stereocenters. The molecule has 0 aromatic carbocycles. The summed E-state index contributed by atoms with van der Waals surface area (Å²) in [6.45, 7) is 5.05. The molecule has 7 nitrogen and oxygen atoms in total. The Morgan fingerprint density at radius 2 is 2.23 bits per heavy atom. The van der Waals surface area contributed by atoms with Crippen LogP contribution in [0.1, 0.15) is 37.4 Å². The minimum Gasteiger partial charge on any atom is -0.481 e. The maximum absolute atomic E-state index is 12.4. The fourth-order valence-corrected chi connectivity index (χ4v) is 3.93. The highest BCUT2D eigenvalue weighted by molar-refractivity contribution is 5.76. The molecule has 1 aliphatic heterocycles. The molecular formula is C19H25N3O4. The highest BCUT2D eigenvalue weighted by atomic mass is 16.4. The molecule has 1 saturated heterocycles. The number of aliphatic hydroxyl groups is 1. The second-order valence-electron chi connectivity index (χ2n) is 7.20. The van der Waals surface area contributed by atoms with Crippen molar-refractivity contribution < 1.29 is 15.0 Å². The van der Waals surface area contributed by atoms with Crippen molar-refractivity contribution in [2.75, 3.05) is 13.1 Å². The third-order valence-corrected chi connectivity index (χ3v) is 5.31. The van der Waals surface area contributed by atoms with Gasteiger partial charge >= 0.3 is 5.97 Å². The number of aliphatic hydroxyl groups excluding tert-OH is 1. The number of nitrogens with zero attached hydrogens (tertiary/aromatic N) is 3. The number of aliphatic carboxylic acids is 1. The molecule has 1 fully saturated rings. The van der Waals surface area contributed by atoms with Crippen molar-refractivity contribution in [2.24, 2.45) is 5.41 Å². The zero-order valence-electron chi connectivity index (χ0n) is 15.2. The van der Waals surface area contributed by atoms with Gasteiger partial charge in [-0.1, -0.05) is 19.4 Å². The van der Waals surface area contributed by atoms with Gasteiger partial charge in [-0.15, -0.1) is 0 Å². The van der Waals surface area contributed by atoms with E-state index in [0.717, 1.165) is 5.56 Å². The Hall–Kier alpha value is -2.25. The Labute approximate surface area is 151 Å². The van der Waals surface area contributed by atoms with Crippen LogP contribution in [0.3, 0.4) is 0 Å². The van der Waals surface area contributed by atoms with Crippen LogP contribution in [0.4, 0.5) is 0 Å². The molecule has 3 heterocycles. The summed E-state index contributed by atoms with van der Waals surface area (Å²) in [6, 6.07) is 5.21. The van der Waals surface area contributed by atoms with Crippen molar-refractivity contribution in [2.45, 2.75) is 45.8 Å². The summed E-state index contributed by atoms with van der Waals surface area (Å²) in [5.74, 6) is -0.959. The highest BCUT2D eigenvalue weighted by Crippen LogP contribution is 2.36. The van der Waals surface area contributed by atoms with Crippen LogP contribution in [0.25, 0.3) is 5.65 Å². The molecular weight excluding hydrogens is 334 g/mol. The number of fused-ring (bicyclic) bond motifs is 1. The van der Waals surface area contributed by atoms with Crippen LogP contribution in [-0.4, -0.2) is 49.7 Å². The molecule has 0 spiro atoms. The number of likely N-dealkylation sites (tertiary alicyclic amines) is 1. The first-order valence-corrected chi connectivity index (χ1v) is 8.99. The third kappa shape index (κ3) is 3.24. The first-order chi connectivity index (χ1) is 12.4. The standard InChI is InChI=1S/C19H25N3O4/c1-3-7-19(18(25)26)12-21(9-6-15(19)23)11-14-10-16(24)22-8-4-5-13(2)17(22)20-14/h4-5,8,10,15,23H,3,6-7,9,11-12H2,1-2H3,(H,25,26)/t15-,19-/m0/s1. The van der Waals surface area contributed by atoms with Gasteiger partial charge in [-0.05, 0) is 31.4 Å². The SMILES string of the molecule is CCC[C@]1(C(=O)O)CN(Cc2cc(=O)n3cccc(C)c3n2)CC[C@@H]1O. The quantitative estimate of drug-likeness (QED) is 0.839. The van der Waals surface area contributed by atoms with Crippen LogP contribution in [0.5, 0.6) is 0 Å². The smallest absolute Gasteiger partial charge is 0.313 e. The van der Waals surface area contributed by atoms with E-state index in [2.05, 4.69) is 4.98 Å². The van der Waals surface area contributed by atoms with Gasteiger partial charge in [0.15, 0.2) is 0 Å². The van der Waals surface area contributed by atoms with E-state index in [1.54, 1.807) is 6.20 Å². The lowest BCUT2D eigenvalue weighted by atomic mass is 9.74. The fraction of sp³-hybridized carbons (Fsp3) is 0.526. The molecule has 0 unspecified atom stereocenters. The van der Waals surface area contributed by atoms with E-state index in [1.165, 1.54) is 10.5 Å². The average molecular weight is 359 g/mol. The highest BCUT2D eigenvalue weighted by Gasteiger charge is 2.48. The van der Waals surface area contributed by atoms with Gasteiger partial charge in [0, 0.05) is 31.9 Å². The number of rotatable bonds is 5. The average Bonchev–Trinajstić information content (AvgIpc) is 2.59. The fourth-order valence-electron chi connectivity index (χ4n) is 3.93. The van der Waals surface area contributed by atoms with Crippen LogP contribution in [0, 0.1) is 12.3 Å². The lowest BCUT2D eigenvalue weighted by Crippen LogP contribution is -2.55. The normalized spacial score (nSPS) is 24.0. The molecule has 1 aliphatic rings. The Morgan fingerprint density at radius 1 is 1.46 bits per heavy atom. The summed E-state index contributed by atoms with van der Waals surface area (Å²) < 4.78 is 1.51. The summed E-state index contributed by atoms with van der Waals surface area (Å²) in [6.07, 6.45) is 2.35. The Morgan fingerprint density at radius 3 is 2.92 bits per heavy atom. The Balaban J connectivity index is 1.89. The van der Waals surface area contributed by atoms with E-state index in [-0.39, 0.29) is 12.1 Å². The summed E-state index contributed by atoms with van der Waals surface area (Å²) in [5, 5.41) is 20.1. The molecule has 7 heteroatoms. The van der Waals surface area contributed by atoms with Crippen molar-refractivity contribution in [3.63, 3.8) is 0 Å². The molecule has 0 radical (unpaired) electrons. The second-order valence-corrected chi connectivity index (χ2v) is 7.20. The van der Waals surface area contributed by atoms with Gasteiger partial charge < -0.3 is 10.2 Å². The molecule has 0 bridgehead atoms. The lowest BCUT2D eigenvalue weighted by molar-refractivity contribution is -0.164. The van der Waals surface area contributed by atoms with Gasteiger partial charge in [0.2, 0.25) is 0 Å². The Kier molecular flexibility index (Phi) is 5.11. The van der Waals surface area contributed by atoms with Crippen molar-refractivity contribution >= 4 is 11.6 Å². The number of carboxylic acid groups (broad SMARTS) is 1. The maximum Gasteiger partial charge on any atom is 0.313 e. The molecule has 3 rings (SSSR count). The molecule has 0 amide bonds. The van der Waals surface area contributed by atoms with Crippen molar-refractivity contribution in [3.05, 3.63) is 46.0 Å². The minimum absolute atomic E-state index is 0.149. The third-order valence-electron chi connectivity index (χ3n) is 5.31. The van der Waals surface area contributed by atoms with Crippen molar-refractivity contribution in [1.29, 1.82) is 0 Å². The molecule has 2 N–H and O–H groups in total. The second kappa shape index (κ2) is 7.17. The van der Waals surface area contributed by atoms with E-state index < -0.39 is 17.5 Å². The van der Waals surface area contributed by atoms with E-state index in [0.29, 0.717) is 43.7 Å². The summed E-state index contributed by atoms with van der Waals surface area (Å²) >= 11 is 0. The molecule has 0 saturated carbocycles. The first-order valence-electron chi connectivity index (χ1n) is 8.99. The summed E-state index contributed by atoms with van der Waals surface area (Å²) in [7, 11) is 0. The zero-order valence-corrected chi connectivity index (χ0v) is 15.2. The topological polar surface area (TPSA) is 95.1 Å². The van der Waals surface area contributed by atoms with Gasteiger partial charge in [-0.3, -0.25) is 18.9 Å². The Bertz CT molecular complexity index is 879. The van der Waals surface area contributed by atoms with Crippen LogP contribution < -0.4 is 5.56 Å². The van der Waals surface area contributed by atoms with Crippen molar-refractivity contribution in [1.82, 2.24) is 14.3 Å². The van der Waals surface area contributed by atoms with Crippen LogP contribution >= 0.6 is 0 Å². The van der Waals surface area contributed by atoms with E-state index in [1.807, 2.05) is 30.9 Å². The summed E-state index contributed by atoms with van der Waals surface area (Å²) in [5.41, 5.74) is 0.839. The number of pyridine rings is 1. The number of piperidine rings is 1. The van der Waals surface area contributed by atoms with Crippen LogP contribution in [0.2, 0.25) is 0 Å². The van der Waals surface area contributed by atoms with E-state index >= 15 is 0 Å². The predicted molar refractivity (Wildman–Crippen MR) is 97.1 cm³/mol. The van der Waals surface area contributed by atoms with Gasteiger partial charge in [0.05, 0.1) is 11.8 Å². The monoisotopic (exact) mass is 359 g/mol. The van der Waals surface area contributed by atoms with Gasteiger partial charge in [0.25, 0.3) is 5.56 Å². The summed E-state index contributed by atoms with van der Waals surface area (Å²) in [4.78, 5) is 30.8. The van der Waals surface area contributed by atoms with Crippen molar-refractivity contribution in [3.8, 4) is 0 Å².